The largest absolute Gasteiger partial charge is 0.353 e. The van der Waals surface area contributed by atoms with Gasteiger partial charge in [-0.1, -0.05) is 20.8 Å². The predicted molar refractivity (Wildman–Crippen MR) is 79.7 cm³/mol. The van der Waals surface area contributed by atoms with Gasteiger partial charge in [0.25, 0.3) is 0 Å². The van der Waals surface area contributed by atoms with Crippen molar-refractivity contribution >= 4 is 17.7 Å². The van der Waals surface area contributed by atoms with Crippen LogP contribution in [-0.2, 0) is 4.79 Å². The highest BCUT2D eigenvalue weighted by Crippen LogP contribution is 2.32. The van der Waals surface area contributed by atoms with Crippen LogP contribution in [0.2, 0.25) is 0 Å². The summed E-state index contributed by atoms with van der Waals surface area (Å²) < 4.78 is 0. The van der Waals surface area contributed by atoms with Gasteiger partial charge in [0, 0.05) is 18.2 Å². The molecule has 0 aromatic carbocycles. The molecule has 0 saturated carbocycles. The lowest BCUT2D eigenvalue weighted by molar-refractivity contribution is -0.122. The summed E-state index contributed by atoms with van der Waals surface area (Å²) >= 11 is 1.93. The quantitative estimate of drug-likeness (QED) is 0.780. The first-order valence-corrected chi connectivity index (χ1v) is 8.16. The first-order chi connectivity index (χ1) is 8.43. The number of amides is 1. The van der Waals surface area contributed by atoms with E-state index in [1.54, 1.807) is 0 Å². The maximum atomic E-state index is 11.9. The van der Waals surface area contributed by atoms with Gasteiger partial charge in [-0.05, 0) is 42.9 Å². The second-order valence-corrected chi connectivity index (χ2v) is 7.46. The van der Waals surface area contributed by atoms with Gasteiger partial charge in [0.1, 0.15) is 0 Å². The van der Waals surface area contributed by atoms with Crippen LogP contribution in [0.1, 0.15) is 46.5 Å². The zero-order valence-electron chi connectivity index (χ0n) is 12.0. The third-order valence-corrected chi connectivity index (χ3v) is 4.92. The molecule has 106 valence electrons. The Bertz CT molecular complexity index is 257. The third-order valence-electron chi connectivity index (χ3n) is 3.75. The summed E-state index contributed by atoms with van der Waals surface area (Å²) in [6.45, 7) is 7.42. The molecule has 2 unspecified atom stereocenters. The highest BCUT2D eigenvalue weighted by Gasteiger charge is 2.25. The molecule has 0 bridgehead atoms. The second-order valence-electron chi connectivity index (χ2n) is 6.31. The van der Waals surface area contributed by atoms with Crippen molar-refractivity contribution in [2.75, 3.05) is 18.1 Å². The molecule has 0 aliphatic carbocycles. The zero-order chi connectivity index (χ0) is 13.6. The summed E-state index contributed by atoms with van der Waals surface area (Å²) in [4.78, 5) is 11.9. The van der Waals surface area contributed by atoms with Crippen molar-refractivity contribution < 1.29 is 4.79 Å². The number of nitrogens with two attached hydrogens (primary N) is 1. The van der Waals surface area contributed by atoms with Crippen molar-refractivity contribution in [3.63, 3.8) is 0 Å². The molecule has 1 saturated heterocycles. The first-order valence-electron chi connectivity index (χ1n) is 7.00. The van der Waals surface area contributed by atoms with Crippen LogP contribution in [0.15, 0.2) is 0 Å². The maximum absolute atomic E-state index is 11.9. The normalized spacial score (nSPS) is 21.9. The van der Waals surface area contributed by atoms with Crippen LogP contribution in [0.3, 0.4) is 0 Å². The highest BCUT2D eigenvalue weighted by molar-refractivity contribution is 7.99. The standard InChI is InChI=1S/C14H28N2OS/c1-14(2,3)11(6-8-15)4-5-13(17)16-12-7-9-18-10-12/h11-12H,4-10,15H2,1-3H3,(H,16,17). The fourth-order valence-electron chi connectivity index (χ4n) is 2.47. The van der Waals surface area contributed by atoms with Gasteiger partial charge in [-0.15, -0.1) is 0 Å². The minimum absolute atomic E-state index is 0.216. The molecule has 1 rings (SSSR count). The number of carbonyl (C=O) groups is 1. The van der Waals surface area contributed by atoms with E-state index in [2.05, 4.69) is 26.1 Å². The molecule has 0 spiro atoms. The average Bonchev–Trinajstić information content (AvgIpc) is 2.75. The van der Waals surface area contributed by atoms with E-state index in [4.69, 9.17) is 5.73 Å². The number of thioether (sulfide) groups is 1. The molecule has 2 atom stereocenters. The molecular weight excluding hydrogens is 244 g/mol. The monoisotopic (exact) mass is 272 g/mol. The maximum Gasteiger partial charge on any atom is 0.220 e. The molecule has 3 nitrogen and oxygen atoms in total. The summed E-state index contributed by atoms with van der Waals surface area (Å²) in [5.74, 6) is 3.01. The van der Waals surface area contributed by atoms with Gasteiger partial charge in [-0.2, -0.15) is 11.8 Å². The molecule has 3 N–H and O–H groups in total. The van der Waals surface area contributed by atoms with Crippen LogP contribution in [0, 0.1) is 11.3 Å². The van der Waals surface area contributed by atoms with Crippen molar-refractivity contribution in [3.05, 3.63) is 0 Å². The van der Waals surface area contributed by atoms with Crippen LogP contribution in [0.5, 0.6) is 0 Å². The van der Waals surface area contributed by atoms with E-state index in [0.717, 1.165) is 25.0 Å². The smallest absolute Gasteiger partial charge is 0.220 e. The van der Waals surface area contributed by atoms with Crippen LogP contribution in [0.4, 0.5) is 0 Å². The van der Waals surface area contributed by atoms with Gasteiger partial charge in [0.15, 0.2) is 0 Å². The van der Waals surface area contributed by atoms with Gasteiger partial charge in [-0.25, -0.2) is 0 Å². The molecule has 18 heavy (non-hydrogen) atoms. The van der Waals surface area contributed by atoms with Gasteiger partial charge in [-0.3, -0.25) is 4.79 Å². The van der Waals surface area contributed by atoms with Gasteiger partial charge in [0.05, 0.1) is 0 Å². The molecule has 0 aromatic rings. The minimum atomic E-state index is 0.216. The molecule has 4 heteroatoms. The second kappa shape index (κ2) is 7.39. The fourth-order valence-corrected chi connectivity index (χ4v) is 3.62. The number of nitrogens with one attached hydrogen (secondary N) is 1. The Balaban J connectivity index is 2.30. The lowest BCUT2D eigenvalue weighted by Crippen LogP contribution is -2.35. The van der Waals surface area contributed by atoms with Crippen LogP contribution < -0.4 is 11.1 Å². The first kappa shape index (κ1) is 15.8. The van der Waals surface area contributed by atoms with Gasteiger partial charge >= 0.3 is 0 Å². The molecule has 1 amide bonds. The highest BCUT2D eigenvalue weighted by atomic mass is 32.2. The van der Waals surface area contributed by atoms with Crippen LogP contribution in [0.25, 0.3) is 0 Å². The zero-order valence-corrected chi connectivity index (χ0v) is 12.8. The Morgan fingerprint density at radius 3 is 2.67 bits per heavy atom. The van der Waals surface area contributed by atoms with E-state index in [9.17, 15) is 4.79 Å². The van der Waals surface area contributed by atoms with Crippen molar-refractivity contribution in [3.8, 4) is 0 Å². The molecule has 0 radical (unpaired) electrons. The Hall–Kier alpha value is -0.220. The number of hydrogen-bond donors (Lipinski definition) is 2. The molecule has 1 aliphatic heterocycles. The fraction of sp³-hybridized carbons (Fsp3) is 0.929. The van der Waals surface area contributed by atoms with Gasteiger partial charge in [0.2, 0.25) is 5.91 Å². The SMILES string of the molecule is CC(C)(C)C(CCN)CCC(=O)NC1CCSC1. The molecule has 0 aromatic heterocycles. The average molecular weight is 272 g/mol. The number of hydrogen-bond acceptors (Lipinski definition) is 3. The van der Waals surface area contributed by atoms with Crippen LogP contribution in [-0.4, -0.2) is 30.0 Å². The predicted octanol–water partition coefficient (Wildman–Crippen LogP) is 2.40. The molecular formula is C14H28N2OS. The molecule has 1 fully saturated rings. The van der Waals surface area contributed by atoms with Crippen molar-refractivity contribution in [1.29, 1.82) is 0 Å². The Morgan fingerprint density at radius 1 is 1.44 bits per heavy atom. The van der Waals surface area contributed by atoms with Crippen molar-refractivity contribution in [2.24, 2.45) is 17.1 Å². The lowest BCUT2D eigenvalue weighted by Gasteiger charge is -2.30. The number of carbonyl (C=O) groups excluding carboxylic acids is 1. The van der Waals surface area contributed by atoms with E-state index in [0.29, 0.717) is 24.9 Å². The van der Waals surface area contributed by atoms with E-state index in [1.165, 1.54) is 5.75 Å². The number of rotatable bonds is 6. The Labute approximate surface area is 116 Å². The van der Waals surface area contributed by atoms with E-state index >= 15 is 0 Å². The summed E-state index contributed by atoms with van der Waals surface area (Å²) in [6.07, 6.45) is 3.73. The topological polar surface area (TPSA) is 55.1 Å². The van der Waals surface area contributed by atoms with Crippen LogP contribution >= 0.6 is 11.8 Å². The summed E-state index contributed by atoms with van der Waals surface area (Å²) in [7, 11) is 0. The molecule has 1 aliphatic rings. The van der Waals surface area contributed by atoms with Gasteiger partial charge < -0.3 is 11.1 Å². The summed E-state index contributed by atoms with van der Waals surface area (Å²) in [6, 6.07) is 0.407. The lowest BCUT2D eigenvalue weighted by atomic mass is 9.76. The molecule has 1 heterocycles. The Morgan fingerprint density at radius 2 is 2.17 bits per heavy atom. The van der Waals surface area contributed by atoms with E-state index in [1.807, 2.05) is 11.8 Å². The van der Waals surface area contributed by atoms with E-state index < -0.39 is 0 Å². The third kappa shape index (κ3) is 5.61. The summed E-state index contributed by atoms with van der Waals surface area (Å²) in [5.41, 5.74) is 5.90. The Kier molecular flexibility index (Phi) is 6.50. The van der Waals surface area contributed by atoms with Crippen molar-refractivity contribution in [1.82, 2.24) is 5.32 Å². The van der Waals surface area contributed by atoms with E-state index in [-0.39, 0.29) is 11.3 Å². The van der Waals surface area contributed by atoms with Crippen molar-refractivity contribution in [2.45, 2.75) is 52.5 Å². The minimum Gasteiger partial charge on any atom is -0.353 e. The summed E-state index contributed by atoms with van der Waals surface area (Å²) in [5, 5.41) is 3.14.